The molecule has 0 atom stereocenters. The molecule has 0 radical (unpaired) electrons. The molecule has 0 bridgehead atoms. The molecule has 0 N–H and O–H groups in total. The molecule has 0 saturated carbocycles. The van der Waals surface area contributed by atoms with Crippen LogP contribution in [0, 0.1) is 0 Å². The first kappa shape index (κ1) is 23.2. The Labute approximate surface area is 185 Å². The van der Waals surface area contributed by atoms with Crippen LogP contribution in [-0.4, -0.2) is 69.3 Å². The van der Waals surface area contributed by atoms with Crippen LogP contribution in [0.25, 0.3) is 0 Å². The molecular weight excluding hydrogens is 436 g/mol. The third-order valence-corrected chi connectivity index (χ3v) is 6.53. The van der Waals surface area contributed by atoms with Gasteiger partial charge in [0, 0.05) is 20.6 Å². The second-order valence-corrected chi connectivity index (χ2v) is 9.16. The van der Waals surface area contributed by atoms with E-state index < -0.39 is 27.8 Å². The van der Waals surface area contributed by atoms with E-state index in [0.29, 0.717) is 5.75 Å². The molecule has 1 aliphatic heterocycles. The van der Waals surface area contributed by atoms with E-state index >= 15 is 0 Å². The van der Waals surface area contributed by atoms with E-state index in [2.05, 4.69) is 6.58 Å². The fourth-order valence-electron chi connectivity index (χ4n) is 3.01. The van der Waals surface area contributed by atoms with Crippen LogP contribution in [0.4, 0.5) is 0 Å². The lowest BCUT2D eigenvalue weighted by atomic mass is 10.1. The van der Waals surface area contributed by atoms with Gasteiger partial charge in [0.05, 0.1) is 21.6 Å². The number of benzene rings is 2. The van der Waals surface area contributed by atoms with Crippen molar-refractivity contribution in [2.45, 2.75) is 4.90 Å². The molecule has 1 aliphatic rings. The maximum atomic E-state index is 12.4. The number of rotatable bonds is 9. The molecule has 2 aromatic carbocycles. The second kappa shape index (κ2) is 9.33. The lowest BCUT2D eigenvalue weighted by Crippen LogP contribution is -2.29. The van der Waals surface area contributed by atoms with Crippen molar-refractivity contribution in [3.05, 3.63) is 71.8 Å². The number of sulfonamides is 1. The van der Waals surface area contributed by atoms with Gasteiger partial charge in [-0.05, 0) is 42.5 Å². The predicted molar refractivity (Wildman–Crippen MR) is 115 cm³/mol. The average Bonchev–Trinajstić information content (AvgIpc) is 3.01. The zero-order valence-electron chi connectivity index (χ0n) is 17.6. The van der Waals surface area contributed by atoms with Crippen molar-refractivity contribution in [2.75, 3.05) is 33.9 Å². The summed E-state index contributed by atoms with van der Waals surface area (Å²) in [4.78, 5) is 38.1. The van der Waals surface area contributed by atoms with Crippen LogP contribution in [0.1, 0.15) is 31.1 Å². The number of amides is 2. The van der Waals surface area contributed by atoms with Gasteiger partial charge < -0.3 is 9.47 Å². The van der Waals surface area contributed by atoms with Gasteiger partial charge in [-0.1, -0.05) is 6.08 Å². The van der Waals surface area contributed by atoms with Crippen LogP contribution < -0.4 is 4.74 Å². The molecule has 10 heteroatoms. The molecule has 0 fully saturated rings. The zero-order chi connectivity index (χ0) is 23.5. The van der Waals surface area contributed by atoms with E-state index in [1.165, 1.54) is 62.6 Å². The fourth-order valence-corrected chi connectivity index (χ4v) is 3.91. The van der Waals surface area contributed by atoms with Gasteiger partial charge in [0.2, 0.25) is 10.0 Å². The van der Waals surface area contributed by atoms with Crippen molar-refractivity contribution < 1.29 is 32.3 Å². The SMILES string of the molecule is C=CCN1C(=O)c2ccc(C(=O)OCCOc3ccc(S(=O)(=O)N(C)C)cc3)cc2C1=O. The van der Waals surface area contributed by atoms with E-state index in [0.717, 1.165) is 9.21 Å². The van der Waals surface area contributed by atoms with Crippen LogP contribution in [0.3, 0.4) is 0 Å². The van der Waals surface area contributed by atoms with Crippen molar-refractivity contribution in [1.29, 1.82) is 0 Å². The standard InChI is InChI=1S/C22H22N2O7S/c1-4-11-24-20(25)18-10-5-15(14-19(18)21(24)26)22(27)31-13-12-30-16-6-8-17(9-7-16)32(28,29)23(2)3/h4-10,14H,1,11-13H2,2-3H3. The minimum Gasteiger partial charge on any atom is -0.490 e. The summed E-state index contributed by atoms with van der Waals surface area (Å²) in [5.41, 5.74) is 0.523. The molecule has 2 amide bonds. The van der Waals surface area contributed by atoms with E-state index in [9.17, 15) is 22.8 Å². The molecule has 0 aliphatic carbocycles. The number of carbonyl (C=O) groups excluding carboxylic acids is 3. The Hall–Kier alpha value is -3.50. The van der Waals surface area contributed by atoms with Gasteiger partial charge in [0.1, 0.15) is 19.0 Å². The van der Waals surface area contributed by atoms with Gasteiger partial charge in [-0.25, -0.2) is 17.5 Å². The van der Waals surface area contributed by atoms with Gasteiger partial charge >= 0.3 is 5.97 Å². The quantitative estimate of drug-likeness (QED) is 0.244. The molecule has 2 aromatic rings. The third kappa shape index (κ3) is 4.56. The summed E-state index contributed by atoms with van der Waals surface area (Å²) in [6, 6.07) is 10.1. The Morgan fingerprint density at radius 2 is 1.69 bits per heavy atom. The van der Waals surface area contributed by atoms with Gasteiger partial charge in [-0.3, -0.25) is 14.5 Å². The molecule has 9 nitrogen and oxygen atoms in total. The minimum atomic E-state index is -3.52. The van der Waals surface area contributed by atoms with Gasteiger partial charge in [0.15, 0.2) is 0 Å². The number of imide groups is 1. The molecule has 0 unspecified atom stereocenters. The van der Waals surface area contributed by atoms with Gasteiger partial charge in [-0.2, -0.15) is 0 Å². The van der Waals surface area contributed by atoms with E-state index in [1.807, 2.05) is 0 Å². The summed E-state index contributed by atoms with van der Waals surface area (Å²) in [6.45, 7) is 3.59. The smallest absolute Gasteiger partial charge is 0.338 e. The summed E-state index contributed by atoms with van der Waals surface area (Å²) < 4.78 is 35.8. The molecule has 0 saturated heterocycles. The number of ether oxygens (including phenoxy) is 2. The lowest BCUT2D eigenvalue weighted by Gasteiger charge is -2.12. The predicted octanol–water partition coefficient (Wildman–Crippen LogP) is 1.95. The summed E-state index contributed by atoms with van der Waals surface area (Å²) >= 11 is 0. The molecule has 0 aromatic heterocycles. The third-order valence-electron chi connectivity index (χ3n) is 4.71. The average molecular weight is 458 g/mol. The van der Waals surface area contributed by atoms with Crippen LogP contribution in [0.15, 0.2) is 60.0 Å². The molecule has 168 valence electrons. The van der Waals surface area contributed by atoms with Crippen molar-refractivity contribution >= 4 is 27.8 Å². The first-order valence-corrected chi connectivity index (χ1v) is 11.0. The molecule has 0 spiro atoms. The Bertz CT molecular complexity index is 1170. The van der Waals surface area contributed by atoms with Crippen LogP contribution in [0.5, 0.6) is 5.75 Å². The first-order valence-electron chi connectivity index (χ1n) is 9.60. The molecule has 32 heavy (non-hydrogen) atoms. The number of fused-ring (bicyclic) bond motifs is 1. The minimum absolute atomic E-state index is 0.0426. The Kier molecular flexibility index (Phi) is 6.75. The number of carbonyl (C=O) groups is 3. The second-order valence-electron chi connectivity index (χ2n) is 7.01. The van der Waals surface area contributed by atoms with Crippen molar-refractivity contribution in [1.82, 2.24) is 9.21 Å². The lowest BCUT2D eigenvalue weighted by molar-refractivity contribution is 0.0450. The highest BCUT2D eigenvalue weighted by Crippen LogP contribution is 2.24. The van der Waals surface area contributed by atoms with E-state index in [-0.39, 0.29) is 41.3 Å². The maximum Gasteiger partial charge on any atom is 0.338 e. The molecular formula is C22H22N2O7S. The van der Waals surface area contributed by atoms with E-state index in [4.69, 9.17) is 9.47 Å². The topological polar surface area (TPSA) is 110 Å². The van der Waals surface area contributed by atoms with E-state index in [1.54, 1.807) is 0 Å². The molecule has 1 heterocycles. The molecule has 3 rings (SSSR count). The fraction of sp³-hybridized carbons (Fsp3) is 0.227. The monoisotopic (exact) mass is 458 g/mol. The van der Waals surface area contributed by atoms with Crippen LogP contribution >= 0.6 is 0 Å². The highest BCUT2D eigenvalue weighted by molar-refractivity contribution is 7.89. The summed E-state index contributed by atoms with van der Waals surface area (Å²) in [6.07, 6.45) is 1.45. The number of hydrogen-bond donors (Lipinski definition) is 0. The zero-order valence-corrected chi connectivity index (χ0v) is 18.4. The Morgan fingerprint density at radius 3 is 2.31 bits per heavy atom. The summed E-state index contributed by atoms with van der Waals surface area (Å²) in [5, 5.41) is 0. The highest BCUT2D eigenvalue weighted by atomic mass is 32.2. The van der Waals surface area contributed by atoms with Crippen LogP contribution in [0.2, 0.25) is 0 Å². The van der Waals surface area contributed by atoms with Gasteiger partial charge in [0.25, 0.3) is 11.8 Å². The number of esters is 1. The first-order chi connectivity index (χ1) is 15.2. The summed E-state index contributed by atoms with van der Waals surface area (Å²) in [7, 11) is -0.635. The highest BCUT2D eigenvalue weighted by Gasteiger charge is 2.35. The van der Waals surface area contributed by atoms with Crippen molar-refractivity contribution in [3.8, 4) is 5.75 Å². The Morgan fingerprint density at radius 1 is 1.03 bits per heavy atom. The number of hydrogen-bond acceptors (Lipinski definition) is 7. The normalized spacial score (nSPS) is 13.3. The Balaban J connectivity index is 1.55. The van der Waals surface area contributed by atoms with Crippen molar-refractivity contribution in [3.63, 3.8) is 0 Å². The van der Waals surface area contributed by atoms with Crippen LogP contribution in [-0.2, 0) is 14.8 Å². The maximum absolute atomic E-state index is 12.4. The largest absolute Gasteiger partial charge is 0.490 e. The summed E-state index contributed by atoms with van der Waals surface area (Å²) in [5.74, 6) is -1.15. The van der Waals surface area contributed by atoms with Gasteiger partial charge in [-0.15, -0.1) is 6.58 Å². The van der Waals surface area contributed by atoms with Crippen molar-refractivity contribution in [2.24, 2.45) is 0 Å². The number of nitrogens with zero attached hydrogens (tertiary/aromatic N) is 2.